The number of aliphatic hydroxyl groups excluding tert-OH is 1. The second-order valence-electron chi connectivity index (χ2n) is 4.06. The number of anilines is 2. The van der Waals surface area contributed by atoms with Crippen LogP contribution in [0.1, 0.15) is 17.3 Å². The van der Waals surface area contributed by atoms with E-state index in [1.165, 1.54) is 12.3 Å². The second kappa shape index (κ2) is 8.34. The Morgan fingerprint density at radius 2 is 2.25 bits per heavy atom. The number of rotatable bonds is 8. The molecule has 0 atom stereocenters. The van der Waals surface area contributed by atoms with Crippen LogP contribution in [0.25, 0.3) is 0 Å². The van der Waals surface area contributed by atoms with Gasteiger partial charge in [0, 0.05) is 20.2 Å². The Morgan fingerprint density at radius 3 is 2.85 bits per heavy atom. The summed E-state index contributed by atoms with van der Waals surface area (Å²) in [7, 11) is 1.58. The molecule has 20 heavy (non-hydrogen) atoms. The van der Waals surface area contributed by atoms with Crippen LogP contribution < -0.4 is 10.6 Å². The van der Waals surface area contributed by atoms with Crippen molar-refractivity contribution in [1.82, 2.24) is 4.98 Å². The second-order valence-corrected chi connectivity index (χ2v) is 4.06. The molecule has 0 saturated carbocycles. The molecule has 0 saturated heterocycles. The van der Waals surface area contributed by atoms with Gasteiger partial charge in [0.05, 0.1) is 31.7 Å². The lowest BCUT2D eigenvalue weighted by molar-refractivity contribution is 0.0526. The van der Waals surface area contributed by atoms with E-state index in [9.17, 15) is 4.79 Å². The Balaban J connectivity index is 3.08. The molecule has 0 aliphatic heterocycles. The first-order valence-electron chi connectivity index (χ1n) is 6.41. The van der Waals surface area contributed by atoms with Gasteiger partial charge in [-0.2, -0.15) is 0 Å². The third-order valence-corrected chi connectivity index (χ3v) is 2.62. The zero-order valence-electron chi connectivity index (χ0n) is 11.8. The Bertz CT molecular complexity index is 440. The number of nitrogen functional groups attached to an aromatic ring is 1. The highest BCUT2D eigenvalue weighted by molar-refractivity contribution is 5.95. The van der Waals surface area contributed by atoms with E-state index in [1.54, 1.807) is 18.9 Å². The molecule has 1 aromatic rings. The van der Waals surface area contributed by atoms with E-state index < -0.39 is 5.97 Å². The summed E-state index contributed by atoms with van der Waals surface area (Å²) in [6.07, 6.45) is 1.47. The van der Waals surface area contributed by atoms with Gasteiger partial charge in [0.15, 0.2) is 0 Å². The van der Waals surface area contributed by atoms with Gasteiger partial charge >= 0.3 is 5.97 Å². The number of methoxy groups -OCH3 is 1. The fourth-order valence-corrected chi connectivity index (χ4v) is 1.73. The summed E-state index contributed by atoms with van der Waals surface area (Å²) in [5.74, 6) is -0.0496. The van der Waals surface area contributed by atoms with Gasteiger partial charge in [0.1, 0.15) is 11.4 Å². The summed E-state index contributed by atoms with van der Waals surface area (Å²) in [5.41, 5.74) is 6.34. The van der Waals surface area contributed by atoms with Crippen molar-refractivity contribution in [1.29, 1.82) is 0 Å². The van der Waals surface area contributed by atoms with E-state index in [4.69, 9.17) is 20.3 Å². The minimum absolute atomic E-state index is 0.0575. The lowest BCUT2D eigenvalue weighted by Gasteiger charge is -2.24. The van der Waals surface area contributed by atoms with Crippen molar-refractivity contribution in [2.45, 2.75) is 6.92 Å². The molecule has 0 aromatic carbocycles. The molecule has 0 spiro atoms. The summed E-state index contributed by atoms with van der Waals surface area (Å²) in [4.78, 5) is 17.9. The van der Waals surface area contributed by atoms with Crippen molar-refractivity contribution in [3.05, 3.63) is 17.8 Å². The summed E-state index contributed by atoms with van der Waals surface area (Å²) < 4.78 is 10.0. The summed E-state index contributed by atoms with van der Waals surface area (Å²) in [6, 6.07) is 1.53. The molecular formula is C13H21N3O4. The number of nitrogens with two attached hydrogens (primary N) is 1. The maximum atomic E-state index is 12.0. The predicted molar refractivity (Wildman–Crippen MR) is 75.8 cm³/mol. The monoisotopic (exact) mass is 283 g/mol. The van der Waals surface area contributed by atoms with Gasteiger partial charge < -0.3 is 25.2 Å². The van der Waals surface area contributed by atoms with Gasteiger partial charge in [-0.25, -0.2) is 9.78 Å². The van der Waals surface area contributed by atoms with Crippen LogP contribution in [-0.4, -0.2) is 56.1 Å². The maximum Gasteiger partial charge on any atom is 0.341 e. The van der Waals surface area contributed by atoms with Crippen LogP contribution in [0.5, 0.6) is 0 Å². The molecule has 0 radical (unpaired) electrons. The number of hydrogen-bond donors (Lipinski definition) is 2. The molecule has 0 unspecified atom stereocenters. The van der Waals surface area contributed by atoms with Crippen LogP contribution in [0.15, 0.2) is 12.3 Å². The third-order valence-electron chi connectivity index (χ3n) is 2.62. The fraction of sp³-hybridized carbons (Fsp3) is 0.538. The molecule has 112 valence electrons. The molecule has 0 amide bonds. The molecule has 0 aliphatic carbocycles. The average molecular weight is 283 g/mol. The number of carbonyl (C=O) groups is 1. The van der Waals surface area contributed by atoms with Gasteiger partial charge in [-0.1, -0.05) is 0 Å². The highest BCUT2D eigenvalue weighted by atomic mass is 16.5. The Kier molecular flexibility index (Phi) is 6.75. The summed E-state index contributed by atoms with van der Waals surface area (Å²) >= 11 is 0. The quantitative estimate of drug-likeness (QED) is 0.661. The number of ether oxygens (including phenoxy) is 2. The molecule has 0 aliphatic rings. The Hall–Kier alpha value is -1.86. The van der Waals surface area contributed by atoms with Gasteiger partial charge in [-0.3, -0.25) is 0 Å². The van der Waals surface area contributed by atoms with Crippen LogP contribution in [0, 0.1) is 0 Å². The van der Waals surface area contributed by atoms with Gasteiger partial charge in [0.25, 0.3) is 0 Å². The molecule has 1 heterocycles. The van der Waals surface area contributed by atoms with Crippen LogP contribution in [0.3, 0.4) is 0 Å². The Labute approximate surface area is 118 Å². The number of hydrogen-bond acceptors (Lipinski definition) is 7. The topological polar surface area (TPSA) is 97.9 Å². The van der Waals surface area contributed by atoms with Crippen molar-refractivity contribution >= 4 is 17.5 Å². The summed E-state index contributed by atoms with van der Waals surface area (Å²) in [5, 5.41) is 9.13. The zero-order valence-corrected chi connectivity index (χ0v) is 11.8. The minimum atomic E-state index is -0.484. The van der Waals surface area contributed by atoms with Gasteiger partial charge in [-0.15, -0.1) is 0 Å². The predicted octanol–water partition coefficient (Wildman–Crippen LogP) is 0.286. The van der Waals surface area contributed by atoms with Crippen LogP contribution in [0.4, 0.5) is 11.5 Å². The number of nitrogens with zero attached hydrogens (tertiary/aromatic N) is 2. The smallest absolute Gasteiger partial charge is 0.341 e. The third kappa shape index (κ3) is 4.36. The molecule has 3 N–H and O–H groups in total. The minimum Gasteiger partial charge on any atom is -0.462 e. The van der Waals surface area contributed by atoms with E-state index in [2.05, 4.69) is 4.98 Å². The van der Waals surface area contributed by atoms with Gasteiger partial charge in [0.2, 0.25) is 0 Å². The molecule has 0 fully saturated rings. The number of esters is 1. The maximum absolute atomic E-state index is 12.0. The summed E-state index contributed by atoms with van der Waals surface area (Å²) in [6.45, 7) is 3.23. The van der Waals surface area contributed by atoms with Crippen molar-refractivity contribution < 1.29 is 19.4 Å². The number of carbonyl (C=O) groups excluding carboxylic acids is 1. The lowest BCUT2D eigenvalue weighted by atomic mass is 10.2. The first-order chi connectivity index (χ1) is 9.63. The largest absolute Gasteiger partial charge is 0.462 e. The van der Waals surface area contributed by atoms with E-state index in [0.717, 1.165) is 0 Å². The SMILES string of the molecule is CCOC(=O)c1cc(N)cnc1N(CCO)CCOC. The highest BCUT2D eigenvalue weighted by Crippen LogP contribution is 2.21. The van der Waals surface area contributed by atoms with Crippen LogP contribution in [0.2, 0.25) is 0 Å². The molecule has 1 rings (SSSR count). The average Bonchev–Trinajstić information content (AvgIpc) is 2.44. The van der Waals surface area contributed by atoms with Crippen molar-refractivity contribution in [3.8, 4) is 0 Å². The first-order valence-corrected chi connectivity index (χ1v) is 6.41. The van der Waals surface area contributed by atoms with Crippen LogP contribution >= 0.6 is 0 Å². The highest BCUT2D eigenvalue weighted by Gasteiger charge is 2.19. The molecule has 0 bridgehead atoms. The number of aromatic nitrogens is 1. The van der Waals surface area contributed by atoms with Crippen molar-refractivity contribution in [3.63, 3.8) is 0 Å². The standard InChI is InChI=1S/C13H21N3O4/c1-3-20-13(18)11-8-10(14)9-15-12(11)16(4-6-17)5-7-19-2/h8-9,17H,3-7,14H2,1-2H3. The molecule has 7 nitrogen and oxygen atoms in total. The van der Waals surface area contributed by atoms with Gasteiger partial charge in [-0.05, 0) is 13.0 Å². The zero-order chi connectivity index (χ0) is 15.0. The first kappa shape index (κ1) is 16.2. The number of pyridine rings is 1. The van der Waals surface area contributed by atoms with E-state index in [1.807, 2.05) is 0 Å². The van der Waals surface area contributed by atoms with Crippen molar-refractivity contribution in [2.24, 2.45) is 0 Å². The van der Waals surface area contributed by atoms with Crippen molar-refractivity contribution in [2.75, 3.05) is 50.7 Å². The fourth-order valence-electron chi connectivity index (χ4n) is 1.73. The van der Waals surface area contributed by atoms with E-state index >= 15 is 0 Å². The van der Waals surface area contributed by atoms with Crippen LogP contribution in [-0.2, 0) is 9.47 Å². The molecule has 7 heteroatoms. The molecule has 1 aromatic heterocycles. The molecular weight excluding hydrogens is 262 g/mol. The normalized spacial score (nSPS) is 10.3. The van der Waals surface area contributed by atoms with E-state index in [0.29, 0.717) is 31.2 Å². The van der Waals surface area contributed by atoms with E-state index in [-0.39, 0.29) is 18.8 Å². The Morgan fingerprint density at radius 1 is 1.50 bits per heavy atom. The lowest BCUT2D eigenvalue weighted by Crippen LogP contribution is -2.32. The number of aliphatic hydroxyl groups is 1.